The normalized spacial score (nSPS) is 11.2. The predicted molar refractivity (Wildman–Crippen MR) is 95.9 cm³/mol. The highest BCUT2D eigenvalue weighted by Gasteiger charge is 2.08. The molecule has 0 aromatic carbocycles. The van der Waals surface area contributed by atoms with E-state index >= 15 is 0 Å². The zero-order chi connectivity index (χ0) is 20.9. The Bertz CT molecular complexity index is 486. The third kappa shape index (κ3) is 45.0. The number of nitrogens with zero attached hydrogens (tertiary/aromatic N) is 2. The van der Waals surface area contributed by atoms with E-state index in [1.54, 1.807) is 0 Å². The summed E-state index contributed by atoms with van der Waals surface area (Å²) in [5.74, 6) is 0.265. The third-order valence-corrected chi connectivity index (χ3v) is 2.51. The lowest BCUT2D eigenvalue weighted by Crippen LogP contribution is -2.36. The summed E-state index contributed by atoms with van der Waals surface area (Å²) in [5.41, 5.74) is 0. The summed E-state index contributed by atoms with van der Waals surface area (Å²) in [6.07, 6.45) is 3.98. The summed E-state index contributed by atoms with van der Waals surface area (Å²) in [5, 5.41) is 0. The quantitative estimate of drug-likeness (QED) is 0.259. The molecule has 25 heavy (non-hydrogen) atoms. The number of rotatable bonds is 8. The van der Waals surface area contributed by atoms with Crippen molar-refractivity contribution in [1.29, 1.82) is 0 Å². The van der Waals surface area contributed by atoms with Gasteiger partial charge >= 0.3 is 0 Å². The van der Waals surface area contributed by atoms with Crippen LogP contribution in [0.3, 0.4) is 0 Å². The van der Waals surface area contributed by atoms with E-state index in [2.05, 4.69) is 55.4 Å². The number of carbonyl (C=O) groups excluding carboxylic acids is 2. The zero-order valence-corrected chi connectivity index (χ0v) is 17.0. The number of ketones is 2. The lowest BCUT2D eigenvalue weighted by molar-refractivity contribution is -0.869. The topological polar surface area (TPSA) is 114 Å². The molecule has 148 valence electrons. The second-order valence-corrected chi connectivity index (χ2v) is 8.09. The van der Waals surface area contributed by atoms with Crippen molar-refractivity contribution in [3.05, 3.63) is 25.3 Å². The van der Waals surface area contributed by atoms with Gasteiger partial charge in [-0.05, 0) is 12.2 Å². The van der Waals surface area contributed by atoms with E-state index in [4.69, 9.17) is 17.5 Å². The van der Waals surface area contributed by atoms with Crippen molar-refractivity contribution in [2.75, 3.05) is 55.4 Å². The van der Waals surface area contributed by atoms with Crippen LogP contribution in [0.4, 0.5) is 0 Å². The summed E-state index contributed by atoms with van der Waals surface area (Å²) in [4.78, 5) is 21.5. The van der Waals surface area contributed by atoms with Gasteiger partial charge in [-0.25, -0.2) is 0 Å². The van der Waals surface area contributed by atoms with Crippen molar-refractivity contribution in [2.45, 2.75) is 12.8 Å². The van der Waals surface area contributed by atoms with Gasteiger partial charge in [0.1, 0.15) is 0 Å². The maximum absolute atomic E-state index is 10.7. The van der Waals surface area contributed by atoms with Crippen LogP contribution in [0, 0.1) is 0 Å². The Balaban J connectivity index is -0.000000308. The number of hydrogen-bond donors (Lipinski definition) is 0. The Morgan fingerprint density at radius 2 is 1.00 bits per heavy atom. The molecule has 0 heterocycles. The van der Waals surface area contributed by atoms with E-state index in [0.29, 0.717) is 12.8 Å². The molecule has 0 aliphatic rings. The minimum Gasteiger partial charge on any atom is -0.759 e. The third-order valence-electron chi connectivity index (χ3n) is 2.51. The highest BCUT2D eigenvalue weighted by molar-refractivity contribution is 7.79. The fraction of sp³-hybridized carbons (Fsp3) is 0.625. The lowest BCUT2D eigenvalue weighted by Gasteiger charge is -2.22. The van der Waals surface area contributed by atoms with E-state index in [9.17, 15) is 9.59 Å². The van der Waals surface area contributed by atoms with Gasteiger partial charge in [0.25, 0.3) is 0 Å². The van der Waals surface area contributed by atoms with E-state index in [0.717, 1.165) is 22.1 Å². The number of quaternary nitrogens is 2. The van der Waals surface area contributed by atoms with Crippen molar-refractivity contribution in [3.8, 4) is 0 Å². The van der Waals surface area contributed by atoms with Crippen LogP contribution in [0.5, 0.6) is 0 Å². The molecule has 0 rings (SSSR count). The minimum atomic E-state index is -5.17. The lowest BCUT2D eigenvalue weighted by atomic mass is 10.2. The van der Waals surface area contributed by atoms with E-state index < -0.39 is 10.4 Å². The predicted octanol–water partition coefficient (Wildman–Crippen LogP) is 0.338. The average molecular weight is 381 g/mol. The van der Waals surface area contributed by atoms with Gasteiger partial charge in [0.05, 0.1) is 68.2 Å². The Morgan fingerprint density at radius 1 is 0.800 bits per heavy atom. The van der Waals surface area contributed by atoms with Crippen molar-refractivity contribution in [2.24, 2.45) is 0 Å². The molecular weight excluding hydrogens is 348 g/mol. The molecule has 0 saturated heterocycles. The van der Waals surface area contributed by atoms with E-state index in [1.165, 1.54) is 12.2 Å². The highest BCUT2D eigenvalue weighted by atomic mass is 32.3. The maximum atomic E-state index is 10.7. The van der Waals surface area contributed by atoms with Gasteiger partial charge in [-0.3, -0.25) is 18.0 Å². The molecule has 9 heteroatoms. The van der Waals surface area contributed by atoms with Gasteiger partial charge in [-0.15, -0.1) is 0 Å². The largest absolute Gasteiger partial charge is 0.759 e. The molecule has 0 bridgehead atoms. The number of allylic oxidation sites excluding steroid dienone is 2. The van der Waals surface area contributed by atoms with Crippen LogP contribution in [-0.4, -0.2) is 93.4 Å². The Labute approximate surface area is 152 Å². The molecule has 0 aromatic rings. The molecular formula is C16H32N2O6S. The van der Waals surface area contributed by atoms with Crippen LogP contribution in [0.25, 0.3) is 0 Å². The molecule has 0 aromatic heterocycles. The first-order chi connectivity index (χ1) is 10.9. The first kappa shape index (κ1) is 28.4. The van der Waals surface area contributed by atoms with Crippen LogP contribution in [0.1, 0.15) is 12.8 Å². The van der Waals surface area contributed by atoms with Gasteiger partial charge in [-0.1, -0.05) is 13.2 Å². The number of carbonyl (C=O) groups is 2. The summed E-state index contributed by atoms with van der Waals surface area (Å²) in [6.45, 7) is 8.57. The molecule has 8 nitrogen and oxygen atoms in total. The Kier molecular flexibility index (Phi) is 14.7. The molecule has 0 aliphatic carbocycles. The zero-order valence-electron chi connectivity index (χ0n) is 16.1. The first-order valence-electron chi connectivity index (χ1n) is 7.49. The summed E-state index contributed by atoms with van der Waals surface area (Å²) >= 11 is 0. The fourth-order valence-electron chi connectivity index (χ4n) is 1.10. The van der Waals surface area contributed by atoms with Crippen LogP contribution in [0.15, 0.2) is 25.3 Å². The van der Waals surface area contributed by atoms with Crippen molar-refractivity contribution < 1.29 is 36.1 Å². The second-order valence-electron chi connectivity index (χ2n) is 7.28. The minimum absolute atomic E-state index is 0.132. The first-order valence-corrected chi connectivity index (χ1v) is 8.82. The van der Waals surface area contributed by atoms with Crippen LogP contribution < -0.4 is 0 Å². The summed E-state index contributed by atoms with van der Waals surface area (Å²) in [6, 6.07) is 0. The molecule has 0 saturated carbocycles. The Morgan fingerprint density at radius 3 is 1.12 bits per heavy atom. The van der Waals surface area contributed by atoms with E-state index in [-0.39, 0.29) is 11.6 Å². The van der Waals surface area contributed by atoms with Crippen molar-refractivity contribution >= 4 is 22.0 Å². The molecule has 0 atom stereocenters. The standard InChI is InChI=1S/2C8H16NO.H2O4S/c2*1-5-8(10)6-7-9(2,3)4;1-5(2,3)4/h2*5H,1,6-7H2,2-4H3;(H2,1,2,3,4)/q2*+1;/p-2. The van der Waals surface area contributed by atoms with Gasteiger partial charge in [0.2, 0.25) is 0 Å². The molecule has 0 aliphatic heterocycles. The van der Waals surface area contributed by atoms with Crippen molar-refractivity contribution in [3.63, 3.8) is 0 Å². The molecule has 0 N–H and O–H groups in total. The van der Waals surface area contributed by atoms with Crippen LogP contribution >= 0.6 is 0 Å². The van der Waals surface area contributed by atoms with Gasteiger partial charge in [0, 0.05) is 10.4 Å². The van der Waals surface area contributed by atoms with Crippen LogP contribution in [0.2, 0.25) is 0 Å². The fourth-order valence-corrected chi connectivity index (χ4v) is 1.10. The van der Waals surface area contributed by atoms with Crippen LogP contribution in [-0.2, 0) is 20.0 Å². The molecule has 0 spiro atoms. The smallest absolute Gasteiger partial charge is 0.160 e. The molecule has 0 unspecified atom stereocenters. The molecule has 0 amide bonds. The van der Waals surface area contributed by atoms with E-state index in [1.807, 2.05) is 0 Å². The average Bonchev–Trinajstić information content (AvgIpc) is 2.39. The van der Waals surface area contributed by atoms with Gasteiger partial charge in [-0.2, -0.15) is 0 Å². The molecule has 0 radical (unpaired) electrons. The SMILES string of the molecule is C=CC(=O)CC[N+](C)(C)C.C=CC(=O)CC[N+](C)(C)C.O=S(=O)([O-])[O-]. The highest BCUT2D eigenvalue weighted by Crippen LogP contribution is 1.95. The molecule has 0 fully saturated rings. The van der Waals surface area contributed by atoms with Crippen molar-refractivity contribution in [1.82, 2.24) is 0 Å². The maximum Gasteiger partial charge on any atom is 0.160 e. The van der Waals surface area contributed by atoms with Gasteiger partial charge < -0.3 is 18.1 Å². The second kappa shape index (κ2) is 12.9. The monoisotopic (exact) mass is 380 g/mol. The van der Waals surface area contributed by atoms with Gasteiger partial charge in [0.15, 0.2) is 11.6 Å². The number of hydrogen-bond acceptors (Lipinski definition) is 6. The Hall–Kier alpha value is -1.39. The summed E-state index contributed by atoms with van der Waals surface area (Å²) in [7, 11) is 7.23. The summed E-state index contributed by atoms with van der Waals surface area (Å²) < 4.78 is 35.7.